The zero-order valence-electron chi connectivity index (χ0n) is 7.11. The standard InChI is InChI=1S/C2H2O4.Fe.K.Na.H2O4S/c3-1(4)2(5)6;;;;1-5(2,3)4/h(H,3,4)(H,5,6);;;;(H2,1,2,3,4)/q;;2*+1;/p-2. The second-order valence-electron chi connectivity index (χ2n) is 1.02. The fraction of sp³-hybridized carbons (Fsp3) is 0. The maximum Gasteiger partial charge on any atom is 1.00 e. The number of aliphatic carboxylic acids is 2. The molecule has 0 spiro atoms. The van der Waals surface area contributed by atoms with Gasteiger partial charge >= 0.3 is 92.9 Å². The first-order valence-electron chi connectivity index (χ1n) is 1.77. The van der Waals surface area contributed by atoms with E-state index < -0.39 is 22.3 Å². The topological polar surface area (TPSA) is 155 Å². The fourth-order valence-electron chi connectivity index (χ4n) is 0. The summed E-state index contributed by atoms with van der Waals surface area (Å²) >= 11 is 0. The van der Waals surface area contributed by atoms with E-state index in [4.69, 9.17) is 37.3 Å². The van der Waals surface area contributed by atoms with Crippen LogP contribution in [0.4, 0.5) is 0 Å². The summed E-state index contributed by atoms with van der Waals surface area (Å²) < 4.78 is 34.1. The van der Waals surface area contributed by atoms with Gasteiger partial charge < -0.3 is 19.3 Å². The van der Waals surface area contributed by atoms with E-state index in [0.717, 1.165) is 0 Å². The van der Waals surface area contributed by atoms with Crippen molar-refractivity contribution in [1.29, 1.82) is 0 Å². The van der Waals surface area contributed by atoms with Crippen molar-refractivity contribution in [3.05, 3.63) is 0 Å². The summed E-state index contributed by atoms with van der Waals surface area (Å²) in [6.45, 7) is 0. The maximum atomic E-state index is 9.10. The van der Waals surface area contributed by atoms with Gasteiger partial charge in [0.1, 0.15) is 0 Å². The van der Waals surface area contributed by atoms with E-state index in [9.17, 15) is 0 Å². The molecule has 74 valence electrons. The van der Waals surface area contributed by atoms with Gasteiger partial charge in [-0.2, -0.15) is 0 Å². The number of carbonyl (C=O) groups is 2. The molecule has 14 heavy (non-hydrogen) atoms. The van der Waals surface area contributed by atoms with Gasteiger partial charge in [-0.15, -0.1) is 0 Å². The Labute approximate surface area is 155 Å². The van der Waals surface area contributed by atoms with Crippen LogP contribution in [-0.4, -0.2) is 39.7 Å². The molecule has 0 amide bonds. The number of rotatable bonds is 0. The second-order valence-corrected chi connectivity index (χ2v) is 1.84. The van der Waals surface area contributed by atoms with Gasteiger partial charge in [-0.05, 0) is 0 Å². The first-order valence-corrected chi connectivity index (χ1v) is 3.11. The molecule has 0 radical (unpaired) electrons. The Morgan fingerprint density at radius 2 is 1.07 bits per heavy atom. The molecular formula is C2H2FeKNaO8S. The summed E-state index contributed by atoms with van der Waals surface area (Å²) in [5, 5.41) is 14.8. The van der Waals surface area contributed by atoms with Crippen LogP contribution in [0.15, 0.2) is 0 Å². The second kappa shape index (κ2) is 15.0. The summed E-state index contributed by atoms with van der Waals surface area (Å²) in [6.07, 6.45) is 0. The summed E-state index contributed by atoms with van der Waals surface area (Å²) in [4.78, 5) is 18.2. The molecule has 0 bridgehead atoms. The number of carboxylic acids is 2. The Bertz CT molecular complexity index is 230. The van der Waals surface area contributed by atoms with Gasteiger partial charge in [-0.3, -0.25) is 8.42 Å². The predicted octanol–water partition coefficient (Wildman–Crippen LogP) is -8.18. The quantitative estimate of drug-likeness (QED) is 0.193. The van der Waals surface area contributed by atoms with Crippen LogP contribution in [0.5, 0.6) is 0 Å². The van der Waals surface area contributed by atoms with Crippen LogP contribution in [0.1, 0.15) is 0 Å². The molecule has 0 aliphatic heterocycles. The van der Waals surface area contributed by atoms with Crippen LogP contribution >= 0.6 is 0 Å². The van der Waals surface area contributed by atoms with Gasteiger partial charge in [0.15, 0.2) is 0 Å². The third-order valence-electron chi connectivity index (χ3n) is 0.183. The smallest absolute Gasteiger partial charge is 0.759 e. The molecule has 0 rings (SSSR count). The molecule has 0 aliphatic rings. The summed E-state index contributed by atoms with van der Waals surface area (Å²) in [7, 11) is -5.17. The molecule has 0 heterocycles. The van der Waals surface area contributed by atoms with Gasteiger partial charge in [0.25, 0.3) is 0 Å². The SMILES string of the molecule is O=C(O)C(=O)O.O=S(=O)([O-])[O-].[Fe].[K+].[Na+]. The summed E-state index contributed by atoms with van der Waals surface area (Å²) in [6, 6.07) is 0. The van der Waals surface area contributed by atoms with Crippen molar-refractivity contribution >= 4 is 22.3 Å². The van der Waals surface area contributed by atoms with Crippen molar-refractivity contribution in [3.63, 3.8) is 0 Å². The Hall–Kier alpha value is 1.97. The third-order valence-corrected chi connectivity index (χ3v) is 0.183. The molecule has 0 aliphatic carbocycles. The van der Waals surface area contributed by atoms with Crippen LogP contribution < -0.4 is 80.9 Å². The number of hydrogen-bond donors (Lipinski definition) is 2. The van der Waals surface area contributed by atoms with Gasteiger partial charge in [-0.25, -0.2) is 9.59 Å². The molecule has 0 fully saturated rings. The van der Waals surface area contributed by atoms with Gasteiger partial charge in [0.2, 0.25) is 0 Å². The monoisotopic (exact) mass is 304 g/mol. The number of carboxylic acid groups (broad SMARTS) is 2. The molecule has 0 unspecified atom stereocenters. The van der Waals surface area contributed by atoms with Crippen molar-refractivity contribution in [3.8, 4) is 0 Å². The minimum atomic E-state index is -5.17. The van der Waals surface area contributed by atoms with Crippen molar-refractivity contribution in [2.75, 3.05) is 0 Å². The molecule has 0 aromatic heterocycles. The molecular weight excluding hydrogens is 302 g/mol. The van der Waals surface area contributed by atoms with E-state index in [2.05, 4.69) is 0 Å². The molecule has 8 nitrogen and oxygen atoms in total. The molecule has 12 heteroatoms. The van der Waals surface area contributed by atoms with Crippen LogP contribution in [0.3, 0.4) is 0 Å². The van der Waals surface area contributed by atoms with E-state index in [1.54, 1.807) is 0 Å². The van der Waals surface area contributed by atoms with Crippen molar-refractivity contribution in [1.82, 2.24) is 0 Å². The minimum Gasteiger partial charge on any atom is -0.759 e. The van der Waals surface area contributed by atoms with Gasteiger partial charge in [0.05, 0.1) is 0 Å². The van der Waals surface area contributed by atoms with Crippen LogP contribution in [0, 0.1) is 0 Å². The molecule has 2 N–H and O–H groups in total. The molecule has 0 aromatic rings. The zero-order chi connectivity index (χ0) is 9.65. The van der Waals surface area contributed by atoms with E-state index in [1.807, 2.05) is 0 Å². The average molecular weight is 304 g/mol. The van der Waals surface area contributed by atoms with Crippen LogP contribution in [0.25, 0.3) is 0 Å². The van der Waals surface area contributed by atoms with Crippen LogP contribution in [0.2, 0.25) is 0 Å². The van der Waals surface area contributed by atoms with Crippen molar-refractivity contribution in [2.45, 2.75) is 0 Å². The Morgan fingerprint density at radius 3 is 1.07 bits per heavy atom. The van der Waals surface area contributed by atoms with Gasteiger partial charge in [0, 0.05) is 27.5 Å². The molecule has 0 saturated carbocycles. The molecule has 0 atom stereocenters. The normalized spacial score (nSPS) is 7.29. The van der Waals surface area contributed by atoms with Crippen LogP contribution in [-0.2, 0) is 37.1 Å². The van der Waals surface area contributed by atoms with E-state index >= 15 is 0 Å². The third kappa shape index (κ3) is 66.0. The Kier molecular flexibility index (Phi) is 31.8. The summed E-state index contributed by atoms with van der Waals surface area (Å²) in [5.74, 6) is -3.65. The molecule has 0 saturated heterocycles. The first kappa shape index (κ1) is 29.7. The van der Waals surface area contributed by atoms with E-state index in [-0.39, 0.29) is 98.0 Å². The largest absolute Gasteiger partial charge is 1.00 e. The van der Waals surface area contributed by atoms with E-state index in [0.29, 0.717) is 0 Å². The fourth-order valence-corrected chi connectivity index (χ4v) is 0. The first-order chi connectivity index (χ1) is 4.64. The van der Waals surface area contributed by atoms with Gasteiger partial charge in [-0.1, -0.05) is 0 Å². The Morgan fingerprint density at radius 1 is 1.00 bits per heavy atom. The van der Waals surface area contributed by atoms with E-state index in [1.165, 1.54) is 0 Å². The predicted molar refractivity (Wildman–Crippen MR) is 25.7 cm³/mol. The average Bonchev–Trinajstić information content (AvgIpc) is 1.59. The number of hydrogen-bond acceptors (Lipinski definition) is 6. The zero-order valence-corrected chi connectivity index (χ0v) is 14.1. The van der Waals surface area contributed by atoms with Crippen molar-refractivity contribution < 1.29 is 135 Å². The minimum absolute atomic E-state index is 0. The maximum absolute atomic E-state index is 9.10. The molecule has 0 aromatic carbocycles. The summed E-state index contributed by atoms with van der Waals surface area (Å²) in [5.41, 5.74) is 0. The van der Waals surface area contributed by atoms with Crippen molar-refractivity contribution in [2.24, 2.45) is 0 Å². The Balaban J connectivity index is -0.0000000321.